The van der Waals surface area contributed by atoms with E-state index in [1.807, 2.05) is 0 Å². The van der Waals surface area contributed by atoms with Crippen molar-refractivity contribution in [1.29, 1.82) is 5.41 Å². The van der Waals surface area contributed by atoms with Gasteiger partial charge in [0.1, 0.15) is 30.5 Å². The lowest BCUT2D eigenvalue weighted by molar-refractivity contribution is -0.214. The molecule has 1 saturated heterocycles. The number of nitrogens with one attached hydrogen (secondary N) is 1. The Morgan fingerprint density at radius 1 is 1.13 bits per heavy atom. The van der Waals surface area contributed by atoms with Gasteiger partial charge < -0.3 is 42.0 Å². The largest absolute Gasteiger partial charge is 0.397 e. The fourth-order valence-electron chi connectivity index (χ4n) is 3.29. The fraction of sp³-hybridized carbons (Fsp3) is 0.273. The van der Waals surface area contributed by atoms with Gasteiger partial charge in [-0.2, -0.15) is 0 Å². The molecule has 4 unspecified atom stereocenters. The number of aliphatic hydroxyl groups is 4. The molecule has 162 valence electrons. The van der Waals surface area contributed by atoms with Gasteiger partial charge in [-0.25, -0.2) is 0 Å². The fourth-order valence-corrected chi connectivity index (χ4v) is 3.29. The van der Waals surface area contributed by atoms with Gasteiger partial charge in [0.2, 0.25) is 5.91 Å². The highest BCUT2D eigenvalue weighted by molar-refractivity contribution is 5.95. The predicted molar refractivity (Wildman–Crippen MR) is 113 cm³/mol. The van der Waals surface area contributed by atoms with Crippen LogP contribution < -0.4 is 11.5 Å². The third-order valence-electron chi connectivity index (χ3n) is 5.09. The monoisotopic (exact) mass is 425 g/mol. The molecule has 0 saturated carbocycles. The summed E-state index contributed by atoms with van der Waals surface area (Å²) in [4.78, 5) is 11.5. The molecule has 31 heavy (non-hydrogen) atoms. The number of carbonyl (C=O) groups is 1. The third kappa shape index (κ3) is 4.59. The van der Waals surface area contributed by atoms with Gasteiger partial charge in [0.05, 0.1) is 12.3 Å². The van der Waals surface area contributed by atoms with E-state index in [9.17, 15) is 25.2 Å². The molecule has 0 bridgehead atoms. The zero-order valence-electron chi connectivity index (χ0n) is 16.4. The maximum Gasteiger partial charge on any atom is 0.248 e. The Bertz CT molecular complexity index is 1060. The number of primary amides is 1. The number of carbonyl (C=O) groups excluding carboxylic acids is 1. The van der Waals surface area contributed by atoms with Gasteiger partial charge in [0.15, 0.2) is 0 Å². The summed E-state index contributed by atoms with van der Waals surface area (Å²) in [5.41, 5.74) is 14.0. The Kier molecular flexibility index (Phi) is 6.70. The highest BCUT2D eigenvalue weighted by atomic mass is 16.5. The second kappa shape index (κ2) is 9.26. The second-order valence-electron chi connectivity index (χ2n) is 7.13. The second-order valence-corrected chi connectivity index (χ2v) is 7.13. The summed E-state index contributed by atoms with van der Waals surface area (Å²) in [5.74, 6) is 4.88. The van der Waals surface area contributed by atoms with Crippen molar-refractivity contribution < 1.29 is 30.0 Å². The van der Waals surface area contributed by atoms with E-state index in [0.29, 0.717) is 27.8 Å². The highest BCUT2D eigenvalue weighted by Crippen LogP contribution is 2.27. The van der Waals surface area contributed by atoms with Crippen LogP contribution in [-0.4, -0.2) is 69.7 Å². The molecule has 1 fully saturated rings. The van der Waals surface area contributed by atoms with Crippen LogP contribution in [0.25, 0.3) is 11.1 Å². The van der Waals surface area contributed by atoms with Crippen molar-refractivity contribution in [2.45, 2.75) is 30.5 Å². The molecule has 0 aromatic heterocycles. The Labute approximate surface area is 178 Å². The molecule has 9 N–H and O–H groups in total. The molecule has 3 rings (SSSR count). The Morgan fingerprint density at radius 3 is 2.52 bits per heavy atom. The lowest BCUT2D eigenvalue weighted by Crippen LogP contribution is -2.58. The first-order valence-corrected chi connectivity index (χ1v) is 9.43. The minimum absolute atomic E-state index is 0.224. The van der Waals surface area contributed by atoms with Crippen molar-refractivity contribution in [3.05, 3.63) is 53.1 Å². The SMILES string of the molecule is N=Cc1cc(-c2cccc(C(N)=O)c2)cc(C#CC2OC(CO)[C@@H](O)C(O)C2O)c1N. The van der Waals surface area contributed by atoms with E-state index in [2.05, 4.69) is 11.8 Å². The average Bonchev–Trinajstić information content (AvgIpc) is 2.78. The van der Waals surface area contributed by atoms with Gasteiger partial charge in [0.25, 0.3) is 0 Å². The lowest BCUT2D eigenvalue weighted by atomic mass is 9.94. The predicted octanol–water partition coefficient (Wildman–Crippen LogP) is -0.774. The first kappa shape index (κ1) is 22.4. The average molecular weight is 425 g/mol. The number of nitrogens with two attached hydrogens (primary N) is 2. The van der Waals surface area contributed by atoms with Crippen LogP contribution in [0.3, 0.4) is 0 Å². The molecule has 1 aliphatic heterocycles. The first-order valence-electron chi connectivity index (χ1n) is 9.43. The Morgan fingerprint density at radius 2 is 1.87 bits per heavy atom. The highest BCUT2D eigenvalue weighted by Gasteiger charge is 2.42. The van der Waals surface area contributed by atoms with Crippen molar-refractivity contribution >= 4 is 17.8 Å². The third-order valence-corrected chi connectivity index (χ3v) is 5.09. The number of rotatable bonds is 4. The van der Waals surface area contributed by atoms with E-state index in [0.717, 1.165) is 6.21 Å². The van der Waals surface area contributed by atoms with E-state index < -0.39 is 43.0 Å². The quantitative estimate of drug-likeness (QED) is 0.190. The topological polar surface area (TPSA) is 183 Å². The van der Waals surface area contributed by atoms with Crippen LogP contribution >= 0.6 is 0 Å². The van der Waals surface area contributed by atoms with Crippen molar-refractivity contribution in [1.82, 2.24) is 0 Å². The number of hydrogen-bond acceptors (Lipinski definition) is 8. The number of ether oxygens (including phenoxy) is 1. The molecule has 0 radical (unpaired) electrons. The summed E-state index contributed by atoms with van der Waals surface area (Å²) in [7, 11) is 0. The molecule has 9 nitrogen and oxygen atoms in total. The molecule has 0 aliphatic carbocycles. The summed E-state index contributed by atoms with van der Waals surface area (Å²) < 4.78 is 5.39. The molecular weight excluding hydrogens is 402 g/mol. The maximum atomic E-state index is 11.5. The number of amides is 1. The van der Waals surface area contributed by atoms with Crippen molar-refractivity contribution in [2.75, 3.05) is 12.3 Å². The van der Waals surface area contributed by atoms with Crippen LogP contribution in [0.15, 0.2) is 36.4 Å². The van der Waals surface area contributed by atoms with Gasteiger partial charge >= 0.3 is 0 Å². The summed E-state index contributed by atoms with van der Waals surface area (Å²) in [6.07, 6.45) is -5.70. The zero-order valence-corrected chi connectivity index (χ0v) is 16.4. The lowest BCUT2D eigenvalue weighted by Gasteiger charge is -2.37. The van der Waals surface area contributed by atoms with E-state index in [1.54, 1.807) is 36.4 Å². The van der Waals surface area contributed by atoms with Crippen molar-refractivity contribution in [3.8, 4) is 23.0 Å². The van der Waals surface area contributed by atoms with Crippen LogP contribution in [-0.2, 0) is 4.74 Å². The van der Waals surface area contributed by atoms with E-state index in [-0.39, 0.29) is 5.69 Å². The van der Waals surface area contributed by atoms with Crippen LogP contribution in [0.2, 0.25) is 0 Å². The number of hydrogen-bond donors (Lipinski definition) is 7. The summed E-state index contributed by atoms with van der Waals surface area (Å²) >= 11 is 0. The van der Waals surface area contributed by atoms with Crippen LogP contribution in [0, 0.1) is 17.3 Å². The minimum atomic E-state index is -1.54. The van der Waals surface area contributed by atoms with Gasteiger partial charge in [0, 0.05) is 22.9 Å². The van der Waals surface area contributed by atoms with Gasteiger partial charge in [-0.15, -0.1) is 0 Å². The molecule has 1 aliphatic rings. The van der Waals surface area contributed by atoms with Crippen molar-refractivity contribution in [2.24, 2.45) is 5.73 Å². The minimum Gasteiger partial charge on any atom is -0.397 e. The first-order chi connectivity index (χ1) is 14.8. The van der Waals surface area contributed by atoms with Gasteiger partial charge in [-0.05, 0) is 35.4 Å². The summed E-state index contributed by atoms with van der Waals surface area (Å²) in [6, 6.07) is 9.95. The molecule has 5 atom stereocenters. The standard InChI is InChI=1S/C22H23N3O6/c23-9-15-8-14(11-2-1-3-13(6-11)22(25)30)7-12(18(15)24)4-5-16-19(27)21(29)20(28)17(10-26)31-16/h1-3,6-9,16-17,19-21,23,26-29H,10,24H2,(H2,25,30)/t16?,17?,19?,20-,21?/m1/s1. The van der Waals surface area contributed by atoms with Gasteiger partial charge in [-0.1, -0.05) is 24.0 Å². The number of benzene rings is 2. The van der Waals surface area contributed by atoms with Gasteiger partial charge in [-0.3, -0.25) is 4.79 Å². The molecular formula is C22H23N3O6. The smallest absolute Gasteiger partial charge is 0.248 e. The molecule has 2 aromatic carbocycles. The normalized spacial score (nSPS) is 25.4. The number of nitrogen functional groups attached to an aromatic ring is 1. The Balaban J connectivity index is 2.01. The Hall–Kier alpha value is -3.26. The van der Waals surface area contributed by atoms with Crippen LogP contribution in [0.1, 0.15) is 21.5 Å². The van der Waals surface area contributed by atoms with Crippen LogP contribution in [0.5, 0.6) is 0 Å². The number of aliphatic hydroxyl groups excluding tert-OH is 4. The van der Waals surface area contributed by atoms with E-state index in [4.69, 9.17) is 21.6 Å². The molecule has 1 heterocycles. The number of anilines is 1. The maximum absolute atomic E-state index is 11.5. The van der Waals surface area contributed by atoms with E-state index in [1.165, 1.54) is 0 Å². The zero-order chi connectivity index (χ0) is 22.7. The summed E-state index contributed by atoms with van der Waals surface area (Å²) in [5, 5.41) is 46.9. The molecule has 1 amide bonds. The van der Waals surface area contributed by atoms with Crippen LogP contribution in [0.4, 0.5) is 5.69 Å². The molecule has 9 heteroatoms. The molecule has 2 aromatic rings. The van der Waals surface area contributed by atoms with E-state index >= 15 is 0 Å². The summed E-state index contributed by atoms with van der Waals surface area (Å²) in [6.45, 7) is -0.561. The van der Waals surface area contributed by atoms with Crippen molar-refractivity contribution in [3.63, 3.8) is 0 Å². The molecule has 0 spiro atoms.